The van der Waals surface area contributed by atoms with Crippen molar-refractivity contribution in [1.82, 2.24) is 0 Å². The second-order valence-electron chi connectivity index (χ2n) is 20.4. The van der Waals surface area contributed by atoms with Crippen molar-refractivity contribution in [3.63, 3.8) is 0 Å². The zero-order valence-corrected chi connectivity index (χ0v) is 30.9. The van der Waals surface area contributed by atoms with Gasteiger partial charge in [-0.25, -0.2) is 0 Å². The van der Waals surface area contributed by atoms with Crippen LogP contribution in [0.25, 0.3) is 0 Å². The van der Waals surface area contributed by atoms with E-state index in [1.54, 1.807) is 43.5 Å². The molecule has 10 heterocycles. The molecular weight excluding hydrogens is 618 g/mol. The van der Waals surface area contributed by atoms with Crippen LogP contribution in [0.5, 0.6) is 0 Å². The number of benzene rings is 4. The summed E-state index contributed by atoms with van der Waals surface area (Å²) in [5.74, 6) is 0. The van der Waals surface area contributed by atoms with Crippen LogP contribution in [0.4, 0.5) is 0 Å². The molecule has 3 heteroatoms. The Hall–Kier alpha value is -1.73. The molecule has 14 rings (SSSR count). The van der Waals surface area contributed by atoms with Crippen LogP contribution in [-0.4, -0.2) is 8.04 Å². The van der Waals surface area contributed by atoms with Crippen molar-refractivity contribution < 1.29 is 6.65 Å². The predicted octanol–water partition coefficient (Wildman–Crippen LogP) is 9.92. The predicted molar refractivity (Wildman–Crippen MR) is 192 cm³/mol. The minimum absolute atomic E-state index is 0.417. The van der Waals surface area contributed by atoms with Crippen LogP contribution < -0.4 is 21.2 Å². The number of rotatable bonds is 6. The van der Waals surface area contributed by atoms with Crippen molar-refractivity contribution in [3.8, 4) is 0 Å². The summed E-state index contributed by atoms with van der Waals surface area (Å²) in [7, 11) is -0.834. The van der Waals surface area contributed by atoms with Crippen LogP contribution in [0, 0.1) is 55.4 Å². The van der Waals surface area contributed by atoms with Crippen molar-refractivity contribution in [2.45, 2.75) is 102 Å². The molecule has 0 N–H and O–H groups in total. The van der Waals surface area contributed by atoms with E-state index in [1.807, 2.05) is 0 Å². The molecule has 0 saturated carbocycles. The molecule has 0 nitrogen and oxygen atoms in total. The fraction of sp³-hybridized carbons (Fsp3) is 0.429. The van der Waals surface area contributed by atoms with Crippen LogP contribution in [-0.2, 0) is 6.65 Å². The molecule has 10 saturated heterocycles. The van der Waals surface area contributed by atoms with Crippen LogP contribution in [0.1, 0.15) is 44.5 Å². The SMILES string of the molecule is Cc1cccc(P(c2cccc(C)c2C)[C]23[CH]4[CH]5[CH]6[C]2(P(c2cccc(C)c2C)c2cccc(C)c2C)[Cr]54632789[CH]3[CH]2[CH]7[CH]8[CH]39)c1C. The molecule has 10 aliphatic heterocycles. The van der Waals surface area contributed by atoms with Gasteiger partial charge >= 0.3 is 263 Å². The summed E-state index contributed by atoms with van der Waals surface area (Å²) < 4.78 is 11.4. The molecule has 10 fully saturated rings. The van der Waals surface area contributed by atoms with Crippen LogP contribution >= 0.6 is 15.8 Å². The Balaban J connectivity index is 1.17. The van der Waals surface area contributed by atoms with Crippen molar-refractivity contribution in [2.75, 3.05) is 0 Å². The third-order valence-electron chi connectivity index (χ3n) is 24.7. The quantitative estimate of drug-likeness (QED) is 0.180. The Labute approximate surface area is 261 Å². The normalized spacial score (nSPS) is 54.2. The monoisotopic (exact) mass is 662 g/mol. The fourth-order valence-electron chi connectivity index (χ4n) is 25.3. The summed E-state index contributed by atoms with van der Waals surface area (Å²) in [6.07, 6.45) is 0. The zero-order chi connectivity index (χ0) is 30.5. The molecule has 4 unspecified atom stereocenters. The summed E-state index contributed by atoms with van der Waals surface area (Å²) >= 11 is 0. The number of hydrogen-bond donors (Lipinski definition) is 0. The number of fused-ring (bicyclic) bond motifs is 10. The number of hydrogen-bond acceptors (Lipinski definition) is 0. The van der Waals surface area contributed by atoms with Gasteiger partial charge in [0.15, 0.2) is 0 Å². The van der Waals surface area contributed by atoms with Gasteiger partial charge in [0.05, 0.1) is 0 Å². The van der Waals surface area contributed by atoms with E-state index in [1.165, 1.54) is 60.5 Å². The summed E-state index contributed by atoms with van der Waals surface area (Å²) in [6.45, 7) is 15.3. The van der Waals surface area contributed by atoms with Gasteiger partial charge in [-0.2, -0.15) is 0 Å². The van der Waals surface area contributed by atoms with Gasteiger partial charge in [0.2, 0.25) is 0 Å². The molecule has 228 valence electrons. The van der Waals surface area contributed by atoms with E-state index in [-0.39, 0.29) is 0 Å². The third-order valence-corrected chi connectivity index (χ3v) is 90.2. The molecule has 0 bridgehead atoms. The van der Waals surface area contributed by atoms with E-state index in [0.717, 1.165) is 0 Å². The van der Waals surface area contributed by atoms with Gasteiger partial charge in [-0.1, -0.05) is 0 Å². The molecular formula is C42H44CrP2. The van der Waals surface area contributed by atoms with Gasteiger partial charge in [0.1, 0.15) is 0 Å². The van der Waals surface area contributed by atoms with Crippen LogP contribution in [0.2, 0.25) is 38.2 Å². The molecule has 4 atom stereocenters. The third kappa shape index (κ3) is 0.717. The van der Waals surface area contributed by atoms with E-state index in [2.05, 4.69) is 128 Å². The van der Waals surface area contributed by atoms with Crippen molar-refractivity contribution in [1.29, 1.82) is 0 Å². The second kappa shape index (κ2) is 4.05. The molecule has 0 amide bonds. The van der Waals surface area contributed by atoms with E-state index in [9.17, 15) is 0 Å². The Morgan fingerprint density at radius 3 is 0.889 bits per heavy atom. The maximum atomic E-state index is 2.65. The van der Waals surface area contributed by atoms with Crippen LogP contribution in [0.15, 0.2) is 72.8 Å². The standard InChI is InChI=1S/C37H39P2.C5H5.Cr/c1-24-14-9-18-32(28(24)5)38(33-19-10-15-25(2)29(33)6)36-22-13-23-37(36)39(34-20-11-16-26(3)30(34)7)35-21-12-17-27(4)31(35)8;1-2-4-5-3-1;/h9-23H,1-8H3;1-5H;. The summed E-state index contributed by atoms with van der Waals surface area (Å²) in [5.41, 5.74) is 12.6. The topological polar surface area (TPSA) is 0 Å². The van der Waals surface area contributed by atoms with E-state index in [0.29, 0.717) is 8.04 Å². The van der Waals surface area contributed by atoms with Crippen molar-refractivity contribution in [3.05, 3.63) is 117 Å². The molecule has 0 aromatic heterocycles. The average molecular weight is 663 g/mol. The van der Waals surface area contributed by atoms with Crippen LogP contribution in [0.3, 0.4) is 0 Å². The van der Waals surface area contributed by atoms with Gasteiger partial charge in [-0.3, -0.25) is 0 Å². The van der Waals surface area contributed by atoms with Gasteiger partial charge in [-0.15, -0.1) is 0 Å². The van der Waals surface area contributed by atoms with Gasteiger partial charge in [0.25, 0.3) is 0 Å². The molecule has 10 aliphatic rings. The first kappa shape index (κ1) is 24.4. The number of aryl methyl sites for hydroxylation is 4. The molecule has 0 radical (unpaired) electrons. The van der Waals surface area contributed by atoms with Gasteiger partial charge in [-0.05, 0) is 0 Å². The Morgan fingerprint density at radius 2 is 0.667 bits per heavy atom. The Morgan fingerprint density at radius 1 is 0.400 bits per heavy atom. The van der Waals surface area contributed by atoms with Crippen molar-refractivity contribution in [2.24, 2.45) is 0 Å². The fourth-order valence-corrected chi connectivity index (χ4v) is 152. The molecule has 4 aromatic carbocycles. The molecule has 0 aliphatic carbocycles. The summed E-state index contributed by atoms with van der Waals surface area (Å²) in [6, 6.07) is 29.9. The summed E-state index contributed by atoms with van der Waals surface area (Å²) in [5, 5.41) is 7.19. The average Bonchev–Trinajstić information content (AvgIpc) is 3.97. The molecule has 1 spiro atoms. The van der Waals surface area contributed by atoms with E-state index in [4.69, 9.17) is 0 Å². The Kier molecular flexibility index (Phi) is 2.20. The first-order valence-corrected chi connectivity index (χ1v) is 27.6. The van der Waals surface area contributed by atoms with Crippen molar-refractivity contribution >= 4 is 37.1 Å². The minimum atomic E-state index is -4.29. The Bertz CT molecular complexity index is 2330. The van der Waals surface area contributed by atoms with E-state index < -0.39 is 22.5 Å². The molecule has 45 heavy (non-hydrogen) atoms. The van der Waals surface area contributed by atoms with Gasteiger partial charge in [0, 0.05) is 0 Å². The second-order valence-corrected chi connectivity index (χ2v) is 52.8. The first-order valence-electron chi connectivity index (χ1n) is 17.8. The zero-order valence-electron chi connectivity index (χ0n) is 27.8. The molecule has 4 aromatic rings. The van der Waals surface area contributed by atoms with Gasteiger partial charge < -0.3 is 0 Å². The first-order chi connectivity index (χ1) is 21.4. The van der Waals surface area contributed by atoms with E-state index >= 15 is 0 Å². The maximum absolute atomic E-state index is 4.29. The summed E-state index contributed by atoms with van der Waals surface area (Å²) in [4.78, 5) is 0.